The number of nitrogens with zero attached hydrogens (tertiary/aromatic N) is 2. The molecule has 0 spiro atoms. The van der Waals surface area contributed by atoms with Gasteiger partial charge >= 0.3 is 0 Å². The number of dihydropyridines is 2. The third-order valence-electron chi connectivity index (χ3n) is 4.69. The summed E-state index contributed by atoms with van der Waals surface area (Å²) in [6.45, 7) is 4.01. The Morgan fingerprint density at radius 2 is 1.94 bits per heavy atom. The Kier molecular flexibility index (Phi) is 7.08. The van der Waals surface area contributed by atoms with Gasteiger partial charge in [0.15, 0.2) is 0 Å². The molecule has 2 aliphatic heterocycles. The second-order valence-corrected chi connectivity index (χ2v) is 7.25. The van der Waals surface area contributed by atoms with Crippen LogP contribution in [0.1, 0.15) is 13.8 Å². The Balaban J connectivity index is 1.77. The Hall–Kier alpha value is -4.04. The molecule has 0 saturated carbocycles. The predicted octanol–water partition coefficient (Wildman–Crippen LogP) is 2.10. The lowest BCUT2D eigenvalue weighted by molar-refractivity contribution is -0.496. The summed E-state index contributed by atoms with van der Waals surface area (Å²) in [6.07, 6.45) is 17.3. The topological polar surface area (TPSA) is 140 Å². The van der Waals surface area contributed by atoms with Gasteiger partial charge in [-0.3, -0.25) is 10.3 Å². The van der Waals surface area contributed by atoms with E-state index in [1.54, 1.807) is 18.5 Å². The van der Waals surface area contributed by atoms with Gasteiger partial charge in [-0.2, -0.15) is 0 Å². The normalized spacial score (nSPS) is 16.8. The highest BCUT2D eigenvalue weighted by Gasteiger charge is 2.17. The summed E-state index contributed by atoms with van der Waals surface area (Å²) in [5.74, 6) is 1.12. The van der Waals surface area contributed by atoms with Crippen LogP contribution in [0.3, 0.4) is 0 Å². The summed E-state index contributed by atoms with van der Waals surface area (Å²) in [6, 6.07) is 3.81. The number of rotatable bonds is 8. The fraction of sp³-hybridized carbons (Fsp3) is 0.130. The number of fused-ring (bicyclic) bond motifs is 1. The van der Waals surface area contributed by atoms with E-state index in [1.165, 1.54) is 12.4 Å². The Labute approximate surface area is 181 Å². The lowest BCUT2D eigenvalue weighted by atomic mass is 10.0. The van der Waals surface area contributed by atoms with E-state index in [0.717, 1.165) is 33.8 Å². The maximum Gasteiger partial charge on any atom is 0.137 e. The van der Waals surface area contributed by atoms with Gasteiger partial charge in [0.25, 0.3) is 0 Å². The zero-order chi connectivity index (χ0) is 22.2. The molecule has 1 aromatic rings. The molecule has 0 radical (unpaired) electrons. The zero-order valence-electron chi connectivity index (χ0n) is 17.6. The van der Waals surface area contributed by atoms with Crippen LogP contribution in [0.5, 0.6) is 0 Å². The van der Waals surface area contributed by atoms with Crippen LogP contribution in [0.25, 0.3) is 0 Å². The number of allylic oxidation sites excluding steroid dienone is 6. The maximum absolute atomic E-state index is 7.81. The highest BCUT2D eigenvalue weighted by Crippen LogP contribution is 2.22. The van der Waals surface area contributed by atoms with Crippen LogP contribution in [0.2, 0.25) is 0 Å². The highest BCUT2D eigenvalue weighted by atomic mass is 15.1. The van der Waals surface area contributed by atoms with Crippen molar-refractivity contribution < 1.29 is 5.32 Å². The van der Waals surface area contributed by atoms with Gasteiger partial charge in [-0.15, -0.1) is 0 Å². The van der Waals surface area contributed by atoms with Crippen molar-refractivity contribution in [2.45, 2.75) is 13.8 Å². The first-order chi connectivity index (χ1) is 15.0. The molecule has 31 heavy (non-hydrogen) atoms. The van der Waals surface area contributed by atoms with Crippen molar-refractivity contribution in [2.24, 2.45) is 16.6 Å². The van der Waals surface area contributed by atoms with E-state index < -0.39 is 0 Å². The largest absolute Gasteiger partial charge is 0.384 e. The second-order valence-electron chi connectivity index (χ2n) is 7.25. The van der Waals surface area contributed by atoms with E-state index in [0.29, 0.717) is 11.7 Å². The highest BCUT2D eigenvalue weighted by molar-refractivity contribution is 5.97. The van der Waals surface area contributed by atoms with E-state index in [1.807, 2.05) is 61.9 Å². The van der Waals surface area contributed by atoms with E-state index in [-0.39, 0.29) is 5.92 Å². The Morgan fingerprint density at radius 1 is 1.16 bits per heavy atom. The molecule has 0 aliphatic carbocycles. The first-order valence-corrected chi connectivity index (χ1v) is 9.90. The monoisotopic (exact) mass is 415 g/mol. The zero-order valence-corrected chi connectivity index (χ0v) is 17.6. The number of nitrogens with one attached hydrogen (secondary N) is 4. The van der Waals surface area contributed by atoms with Crippen LogP contribution >= 0.6 is 0 Å². The number of quaternary nitrogens is 1. The Bertz CT molecular complexity index is 1070. The molecular weight excluding hydrogens is 388 g/mol. The van der Waals surface area contributed by atoms with E-state index in [9.17, 15) is 0 Å². The number of hydrogen-bond donors (Lipinski definition) is 6. The minimum Gasteiger partial charge on any atom is -0.384 e. The summed E-state index contributed by atoms with van der Waals surface area (Å²) in [4.78, 5) is 8.44. The molecule has 8 heteroatoms. The third kappa shape index (κ3) is 5.74. The average Bonchev–Trinajstić information content (AvgIpc) is 2.78. The summed E-state index contributed by atoms with van der Waals surface area (Å²) in [5, 5.41) is 23.8. The van der Waals surface area contributed by atoms with E-state index in [2.05, 4.69) is 20.6 Å². The molecule has 0 saturated heterocycles. The lowest BCUT2D eigenvalue weighted by Gasteiger charge is -2.23. The van der Waals surface area contributed by atoms with Crippen molar-refractivity contribution in [1.29, 1.82) is 10.8 Å². The van der Waals surface area contributed by atoms with Gasteiger partial charge in [0.1, 0.15) is 23.5 Å². The van der Waals surface area contributed by atoms with Crippen LogP contribution < -0.4 is 21.7 Å². The van der Waals surface area contributed by atoms with Crippen LogP contribution in [0, 0.1) is 16.7 Å². The Morgan fingerprint density at radius 3 is 2.61 bits per heavy atom. The van der Waals surface area contributed by atoms with Gasteiger partial charge in [-0.25, -0.2) is 4.99 Å². The molecule has 8 N–H and O–H groups in total. The van der Waals surface area contributed by atoms with Gasteiger partial charge in [-0.05, 0) is 35.8 Å². The molecule has 0 aromatic carbocycles. The van der Waals surface area contributed by atoms with Crippen LogP contribution in [-0.2, 0) is 0 Å². The summed E-state index contributed by atoms with van der Waals surface area (Å²) in [5.41, 5.74) is 11.2. The lowest BCUT2D eigenvalue weighted by Crippen LogP contribution is -2.71. The van der Waals surface area contributed by atoms with Gasteiger partial charge in [0, 0.05) is 48.7 Å². The summed E-state index contributed by atoms with van der Waals surface area (Å²) < 4.78 is 0. The van der Waals surface area contributed by atoms with Gasteiger partial charge in [0.05, 0.1) is 17.0 Å². The van der Waals surface area contributed by atoms with Gasteiger partial charge in [-0.1, -0.05) is 13.8 Å². The minimum absolute atomic E-state index is 0.194. The van der Waals surface area contributed by atoms with Crippen LogP contribution in [0.4, 0.5) is 5.69 Å². The molecule has 2 aliphatic rings. The van der Waals surface area contributed by atoms with Crippen molar-refractivity contribution in [1.82, 2.24) is 15.6 Å². The van der Waals surface area contributed by atoms with Crippen molar-refractivity contribution in [2.75, 3.05) is 0 Å². The van der Waals surface area contributed by atoms with Gasteiger partial charge < -0.3 is 27.2 Å². The molecule has 158 valence electrons. The number of nitrogens with two attached hydrogens (primary N) is 2. The molecule has 0 unspecified atom stereocenters. The fourth-order valence-corrected chi connectivity index (χ4v) is 2.93. The number of hydrogen-bond acceptors (Lipinski definition) is 6. The van der Waals surface area contributed by atoms with E-state index >= 15 is 0 Å². The SMILES string of the molecule is CC(C)C(C=N)=CC(N)=NC1=CC=C2NC=C(C(C=N)=C[NH2+]c3ccncc3)C=C2N1. The number of aliphatic imine (C=N–C) groups is 1. The molecule has 1 aromatic heterocycles. The van der Waals surface area contributed by atoms with Crippen molar-refractivity contribution in [3.63, 3.8) is 0 Å². The first-order valence-electron chi connectivity index (χ1n) is 9.90. The van der Waals surface area contributed by atoms with Crippen molar-refractivity contribution >= 4 is 24.0 Å². The van der Waals surface area contributed by atoms with Crippen molar-refractivity contribution in [3.8, 4) is 0 Å². The molecule has 3 rings (SSSR count). The standard InChI is InChI=1S/C23H26N8/c1-15(2)16(11-24)10-22(26)31-23-4-3-20-21(30-23)9-17(13-29-20)18(12-25)14-28-19-5-7-27-8-6-19/h3-15,24-25,29-30H,1-2H3,(H2,26,31)(H,27,28)/p+1. The molecule has 0 bridgehead atoms. The average molecular weight is 416 g/mol. The quantitative estimate of drug-likeness (QED) is 0.286. The summed E-state index contributed by atoms with van der Waals surface area (Å²) in [7, 11) is 0. The molecular formula is C23H27N8+. The third-order valence-corrected chi connectivity index (χ3v) is 4.69. The molecule has 8 nitrogen and oxygen atoms in total. The molecule has 0 atom stereocenters. The fourth-order valence-electron chi connectivity index (χ4n) is 2.93. The van der Waals surface area contributed by atoms with Gasteiger partial charge in [0.2, 0.25) is 0 Å². The number of amidine groups is 1. The predicted molar refractivity (Wildman–Crippen MR) is 125 cm³/mol. The smallest absolute Gasteiger partial charge is 0.137 e. The molecule has 3 heterocycles. The van der Waals surface area contributed by atoms with Crippen LogP contribution in [0.15, 0.2) is 100 Å². The summed E-state index contributed by atoms with van der Waals surface area (Å²) >= 11 is 0. The number of aromatic nitrogens is 1. The van der Waals surface area contributed by atoms with Crippen LogP contribution in [-0.4, -0.2) is 23.2 Å². The van der Waals surface area contributed by atoms with Crippen molar-refractivity contribution in [3.05, 3.63) is 95.2 Å². The molecule has 0 fully saturated rings. The minimum atomic E-state index is 0.194. The van der Waals surface area contributed by atoms with E-state index in [4.69, 9.17) is 16.6 Å². The second kappa shape index (κ2) is 10.1. The first kappa shape index (κ1) is 21.7. The number of pyridine rings is 1. The maximum atomic E-state index is 7.81. The molecule has 0 amide bonds.